The second-order valence-electron chi connectivity index (χ2n) is 7.56. The van der Waals surface area contributed by atoms with E-state index < -0.39 is 0 Å². The molecular formula is C21H31N3O3. The van der Waals surface area contributed by atoms with Gasteiger partial charge in [0, 0.05) is 38.6 Å². The maximum absolute atomic E-state index is 12.5. The molecule has 1 N–H and O–H groups in total. The number of hydrogen-bond acceptors (Lipinski definition) is 4. The average molecular weight is 373 g/mol. The fraction of sp³-hybridized carbons (Fsp3) is 0.619. The number of rotatable bonds is 6. The lowest BCUT2D eigenvalue weighted by molar-refractivity contribution is -0.133. The van der Waals surface area contributed by atoms with Gasteiger partial charge in [-0.05, 0) is 37.0 Å². The van der Waals surface area contributed by atoms with Gasteiger partial charge in [-0.25, -0.2) is 0 Å². The lowest BCUT2D eigenvalue weighted by Crippen LogP contribution is -2.43. The molecule has 1 aliphatic carbocycles. The zero-order chi connectivity index (χ0) is 19.1. The molecule has 1 aliphatic heterocycles. The van der Waals surface area contributed by atoms with E-state index in [9.17, 15) is 9.59 Å². The summed E-state index contributed by atoms with van der Waals surface area (Å²) >= 11 is 0. The minimum absolute atomic E-state index is 0.0349. The number of ether oxygens (including phenoxy) is 1. The van der Waals surface area contributed by atoms with Gasteiger partial charge in [-0.15, -0.1) is 0 Å². The summed E-state index contributed by atoms with van der Waals surface area (Å²) in [6, 6.07) is 8.14. The lowest BCUT2D eigenvalue weighted by Gasteiger charge is -2.22. The molecule has 0 bridgehead atoms. The molecular weight excluding hydrogens is 342 g/mol. The summed E-state index contributed by atoms with van der Waals surface area (Å²) in [5.74, 6) is 1.07. The van der Waals surface area contributed by atoms with E-state index in [1.807, 2.05) is 17.0 Å². The number of carbonyl (C=O) groups is 2. The highest BCUT2D eigenvalue weighted by atomic mass is 16.5. The molecule has 2 aliphatic rings. The highest BCUT2D eigenvalue weighted by molar-refractivity contribution is 5.86. The minimum Gasteiger partial charge on any atom is -0.497 e. The van der Waals surface area contributed by atoms with Gasteiger partial charge in [0.05, 0.1) is 13.7 Å². The Morgan fingerprint density at radius 2 is 1.78 bits per heavy atom. The molecule has 27 heavy (non-hydrogen) atoms. The zero-order valence-corrected chi connectivity index (χ0v) is 16.3. The van der Waals surface area contributed by atoms with E-state index in [4.69, 9.17) is 4.74 Å². The van der Waals surface area contributed by atoms with Crippen LogP contribution in [0.5, 0.6) is 5.75 Å². The molecule has 1 saturated carbocycles. The molecule has 2 fully saturated rings. The Morgan fingerprint density at radius 1 is 1.04 bits per heavy atom. The first-order chi connectivity index (χ1) is 13.2. The number of benzene rings is 1. The molecule has 1 aromatic carbocycles. The number of carbonyl (C=O) groups excluding carboxylic acids is 2. The predicted molar refractivity (Wildman–Crippen MR) is 104 cm³/mol. The zero-order valence-electron chi connectivity index (χ0n) is 16.3. The molecule has 0 aromatic heterocycles. The second kappa shape index (κ2) is 9.74. The van der Waals surface area contributed by atoms with Crippen LogP contribution in [0.2, 0.25) is 0 Å². The topological polar surface area (TPSA) is 61.9 Å². The summed E-state index contributed by atoms with van der Waals surface area (Å²) in [7, 11) is 1.67. The largest absolute Gasteiger partial charge is 0.497 e. The standard InChI is InChI=1S/C21H31N3O3/c1-27-19-9-7-17(8-10-19)16-23-11-4-12-24(14-13-23)20(25)15-22-21(26)18-5-2-3-6-18/h7-10,18H,2-6,11-16H2,1H3,(H,22,26). The van der Waals surface area contributed by atoms with E-state index in [1.165, 1.54) is 5.56 Å². The monoisotopic (exact) mass is 373 g/mol. The summed E-state index contributed by atoms with van der Waals surface area (Å²) in [4.78, 5) is 28.9. The Balaban J connectivity index is 1.42. The maximum atomic E-state index is 12.5. The van der Waals surface area contributed by atoms with Crippen molar-refractivity contribution in [1.29, 1.82) is 0 Å². The normalized spacial score (nSPS) is 18.9. The highest BCUT2D eigenvalue weighted by Crippen LogP contribution is 2.24. The molecule has 3 rings (SSSR count). The molecule has 148 valence electrons. The van der Waals surface area contributed by atoms with Crippen LogP contribution >= 0.6 is 0 Å². The van der Waals surface area contributed by atoms with E-state index in [1.54, 1.807) is 7.11 Å². The Hall–Kier alpha value is -2.08. The van der Waals surface area contributed by atoms with Crippen molar-refractivity contribution in [3.8, 4) is 5.75 Å². The van der Waals surface area contributed by atoms with Crippen LogP contribution in [0.1, 0.15) is 37.7 Å². The molecule has 1 heterocycles. The fourth-order valence-electron chi connectivity index (χ4n) is 3.97. The Kier molecular flexibility index (Phi) is 7.10. The fourth-order valence-corrected chi connectivity index (χ4v) is 3.97. The number of nitrogens with one attached hydrogen (secondary N) is 1. The first kappa shape index (κ1) is 19.7. The number of methoxy groups -OCH3 is 1. The third kappa shape index (κ3) is 5.70. The van der Waals surface area contributed by atoms with E-state index >= 15 is 0 Å². The van der Waals surface area contributed by atoms with Gasteiger partial charge < -0.3 is 15.0 Å². The minimum atomic E-state index is 0.0349. The van der Waals surface area contributed by atoms with Crippen molar-refractivity contribution in [2.24, 2.45) is 5.92 Å². The van der Waals surface area contributed by atoms with Crippen molar-refractivity contribution in [2.75, 3.05) is 39.8 Å². The van der Waals surface area contributed by atoms with Crippen molar-refractivity contribution in [1.82, 2.24) is 15.1 Å². The summed E-state index contributed by atoms with van der Waals surface area (Å²) in [6.45, 7) is 4.32. The van der Waals surface area contributed by atoms with Gasteiger partial charge in [-0.3, -0.25) is 14.5 Å². The summed E-state index contributed by atoms with van der Waals surface area (Å²) < 4.78 is 5.20. The third-order valence-corrected chi connectivity index (χ3v) is 5.65. The highest BCUT2D eigenvalue weighted by Gasteiger charge is 2.24. The quantitative estimate of drug-likeness (QED) is 0.829. The van der Waals surface area contributed by atoms with E-state index in [2.05, 4.69) is 22.3 Å². The maximum Gasteiger partial charge on any atom is 0.242 e. The van der Waals surface area contributed by atoms with E-state index in [-0.39, 0.29) is 24.3 Å². The Bertz CT molecular complexity index is 626. The van der Waals surface area contributed by atoms with Crippen LogP contribution in [0.4, 0.5) is 0 Å². The smallest absolute Gasteiger partial charge is 0.242 e. The van der Waals surface area contributed by atoms with Gasteiger partial charge in [0.25, 0.3) is 0 Å². The molecule has 0 atom stereocenters. The van der Waals surface area contributed by atoms with Gasteiger partial charge >= 0.3 is 0 Å². The van der Waals surface area contributed by atoms with E-state index in [0.29, 0.717) is 6.54 Å². The predicted octanol–water partition coefficient (Wildman–Crippen LogP) is 2.04. The Labute approximate surface area is 161 Å². The second-order valence-corrected chi connectivity index (χ2v) is 7.56. The van der Waals surface area contributed by atoms with Crippen molar-refractivity contribution >= 4 is 11.8 Å². The van der Waals surface area contributed by atoms with Gasteiger partial charge in [0.1, 0.15) is 5.75 Å². The molecule has 6 heteroatoms. The summed E-state index contributed by atoms with van der Waals surface area (Å²) in [5.41, 5.74) is 1.25. The van der Waals surface area contributed by atoms with Crippen LogP contribution in [-0.4, -0.2) is 61.4 Å². The van der Waals surface area contributed by atoms with Gasteiger partial charge in [-0.1, -0.05) is 25.0 Å². The van der Waals surface area contributed by atoms with E-state index in [0.717, 1.165) is 64.0 Å². The van der Waals surface area contributed by atoms with Crippen LogP contribution in [0.15, 0.2) is 24.3 Å². The first-order valence-corrected chi connectivity index (χ1v) is 10.1. The van der Waals surface area contributed by atoms with Crippen LogP contribution < -0.4 is 10.1 Å². The SMILES string of the molecule is COc1ccc(CN2CCCN(C(=O)CNC(=O)C3CCCC3)CC2)cc1. The lowest BCUT2D eigenvalue weighted by atomic mass is 10.1. The molecule has 0 radical (unpaired) electrons. The third-order valence-electron chi connectivity index (χ3n) is 5.65. The summed E-state index contributed by atoms with van der Waals surface area (Å²) in [5, 5.41) is 2.85. The molecule has 1 saturated heterocycles. The number of hydrogen-bond donors (Lipinski definition) is 1. The van der Waals surface area contributed by atoms with Gasteiger partial charge in [0.2, 0.25) is 11.8 Å². The van der Waals surface area contributed by atoms with Crippen LogP contribution in [0, 0.1) is 5.92 Å². The molecule has 6 nitrogen and oxygen atoms in total. The average Bonchev–Trinajstić information content (AvgIpc) is 3.14. The van der Waals surface area contributed by atoms with Crippen molar-refractivity contribution in [2.45, 2.75) is 38.6 Å². The summed E-state index contributed by atoms with van der Waals surface area (Å²) in [6.07, 6.45) is 5.14. The van der Waals surface area contributed by atoms with Gasteiger partial charge in [-0.2, -0.15) is 0 Å². The first-order valence-electron chi connectivity index (χ1n) is 10.1. The molecule has 1 aromatic rings. The Morgan fingerprint density at radius 3 is 2.48 bits per heavy atom. The molecule has 0 unspecified atom stereocenters. The van der Waals surface area contributed by atoms with Crippen molar-refractivity contribution in [3.63, 3.8) is 0 Å². The molecule has 2 amide bonds. The number of nitrogens with zero attached hydrogens (tertiary/aromatic N) is 2. The van der Waals surface area contributed by atoms with Crippen molar-refractivity contribution in [3.05, 3.63) is 29.8 Å². The number of amides is 2. The van der Waals surface area contributed by atoms with Crippen LogP contribution in [0.3, 0.4) is 0 Å². The van der Waals surface area contributed by atoms with Crippen LogP contribution in [0.25, 0.3) is 0 Å². The van der Waals surface area contributed by atoms with Gasteiger partial charge in [0.15, 0.2) is 0 Å². The van der Waals surface area contributed by atoms with Crippen molar-refractivity contribution < 1.29 is 14.3 Å². The van der Waals surface area contributed by atoms with Crippen LogP contribution in [-0.2, 0) is 16.1 Å². The molecule has 0 spiro atoms.